The van der Waals surface area contributed by atoms with Gasteiger partial charge in [-0.2, -0.15) is 26.3 Å². The van der Waals surface area contributed by atoms with E-state index in [0.29, 0.717) is 25.3 Å². The van der Waals surface area contributed by atoms with Gasteiger partial charge in [-0.1, -0.05) is 6.07 Å². The first-order valence-electron chi connectivity index (χ1n) is 15.2. The van der Waals surface area contributed by atoms with E-state index in [-0.39, 0.29) is 36.6 Å². The number of carboxylic acids is 1. The number of benzene rings is 2. The van der Waals surface area contributed by atoms with E-state index in [1.54, 1.807) is 11.9 Å². The topological polar surface area (TPSA) is 74.5 Å². The van der Waals surface area contributed by atoms with Crippen LogP contribution >= 0.6 is 0 Å². The van der Waals surface area contributed by atoms with Crippen LogP contribution in [0, 0.1) is 11.8 Å². The molecular weight excluding hydrogens is 600 g/mol. The molecule has 2 aromatic carbocycles. The minimum Gasteiger partial charge on any atom is -0.481 e. The standard InChI is InChI=1S/C32H37F6N5O2/c1-3-42(16-20-7-9-22(10-8-20)29(44)45)28-14-24-6-4-5-23(24)13-25(28)18-43(30-39-19-41(2)40-30)17-21-11-26(31(33,34)35)15-27(12-21)32(36,37)38/h11-15,19-20,22H,3-10,16-18H2,1-2H3,(H,44,45). The van der Waals surface area contributed by atoms with Crippen LogP contribution in [0.25, 0.3) is 0 Å². The van der Waals surface area contributed by atoms with Gasteiger partial charge in [-0.3, -0.25) is 9.48 Å². The second-order valence-corrected chi connectivity index (χ2v) is 12.2. The van der Waals surface area contributed by atoms with Gasteiger partial charge in [-0.15, -0.1) is 5.10 Å². The molecule has 0 aliphatic heterocycles. The van der Waals surface area contributed by atoms with Crippen molar-refractivity contribution in [2.24, 2.45) is 18.9 Å². The van der Waals surface area contributed by atoms with Crippen molar-refractivity contribution < 1.29 is 36.2 Å². The van der Waals surface area contributed by atoms with E-state index < -0.39 is 29.4 Å². The lowest BCUT2D eigenvalue weighted by molar-refractivity contribution is -0.144. The van der Waals surface area contributed by atoms with Crippen LogP contribution in [0.4, 0.5) is 38.0 Å². The molecule has 2 aliphatic rings. The lowest BCUT2D eigenvalue weighted by Gasteiger charge is -2.34. The van der Waals surface area contributed by atoms with Gasteiger partial charge in [0.15, 0.2) is 0 Å². The molecule has 0 radical (unpaired) electrons. The number of hydrogen-bond acceptors (Lipinski definition) is 5. The van der Waals surface area contributed by atoms with Crippen LogP contribution < -0.4 is 9.80 Å². The third-order valence-corrected chi connectivity index (χ3v) is 8.94. The number of aromatic nitrogens is 3. The van der Waals surface area contributed by atoms with Gasteiger partial charge in [0.2, 0.25) is 5.95 Å². The summed E-state index contributed by atoms with van der Waals surface area (Å²) in [4.78, 5) is 19.6. The number of carboxylic acid groups (broad SMARTS) is 1. The summed E-state index contributed by atoms with van der Waals surface area (Å²) in [5.74, 6) is -0.584. The third-order valence-electron chi connectivity index (χ3n) is 8.94. The van der Waals surface area contributed by atoms with E-state index in [1.165, 1.54) is 22.1 Å². The second kappa shape index (κ2) is 12.9. The number of halogens is 6. The lowest BCUT2D eigenvalue weighted by Crippen LogP contribution is -2.34. The van der Waals surface area contributed by atoms with E-state index in [9.17, 15) is 36.2 Å². The molecule has 3 aromatic rings. The lowest BCUT2D eigenvalue weighted by atomic mass is 9.81. The number of aryl methyl sites for hydroxylation is 3. The fraction of sp³-hybridized carbons (Fsp3) is 0.531. The van der Waals surface area contributed by atoms with Gasteiger partial charge in [0.05, 0.1) is 17.0 Å². The molecule has 45 heavy (non-hydrogen) atoms. The summed E-state index contributed by atoms with van der Waals surface area (Å²) in [6, 6.07) is 5.90. The van der Waals surface area contributed by atoms with Crippen LogP contribution in [0.2, 0.25) is 0 Å². The Hall–Kier alpha value is -3.77. The Bertz CT molecular complexity index is 1480. The molecule has 0 bridgehead atoms. The summed E-state index contributed by atoms with van der Waals surface area (Å²) in [6.45, 7) is 3.32. The molecular formula is C32H37F6N5O2. The molecule has 0 saturated heterocycles. The van der Waals surface area contributed by atoms with Crippen LogP contribution in [0.5, 0.6) is 0 Å². The first-order valence-corrected chi connectivity index (χ1v) is 15.2. The number of carbonyl (C=O) groups is 1. The predicted molar refractivity (Wildman–Crippen MR) is 157 cm³/mol. The zero-order valence-corrected chi connectivity index (χ0v) is 25.3. The van der Waals surface area contributed by atoms with E-state index in [0.717, 1.165) is 62.0 Å². The molecule has 1 aromatic heterocycles. The zero-order chi connectivity index (χ0) is 32.5. The minimum absolute atomic E-state index is 0.133. The summed E-state index contributed by atoms with van der Waals surface area (Å²) in [5, 5.41) is 13.8. The van der Waals surface area contributed by atoms with Gasteiger partial charge >= 0.3 is 18.3 Å². The Balaban J connectivity index is 1.50. The molecule has 5 rings (SSSR count). The highest BCUT2D eigenvalue weighted by atomic mass is 19.4. The van der Waals surface area contributed by atoms with Crippen molar-refractivity contribution in [3.05, 3.63) is 70.0 Å². The van der Waals surface area contributed by atoms with E-state index >= 15 is 0 Å². The first kappa shape index (κ1) is 32.6. The fourth-order valence-corrected chi connectivity index (χ4v) is 6.59. The summed E-state index contributed by atoms with van der Waals surface area (Å²) in [5.41, 5.74) is 1.36. The Kier molecular flexibility index (Phi) is 9.36. The normalized spacial score (nSPS) is 18.6. The van der Waals surface area contributed by atoms with Crippen LogP contribution in [-0.2, 0) is 50.1 Å². The maximum Gasteiger partial charge on any atom is 0.416 e. The molecule has 0 spiro atoms. The number of nitrogens with zero attached hydrogens (tertiary/aromatic N) is 5. The predicted octanol–water partition coefficient (Wildman–Crippen LogP) is 7.27. The van der Waals surface area contributed by atoms with Gasteiger partial charge in [0, 0.05) is 38.9 Å². The van der Waals surface area contributed by atoms with Crippen molar-refractivity contribution >= 4 is 17.6 Å². The SMILES string of the molecule is CCN(CC1CCC(C(=O)O)CC1)c1cc2c(cc1CN(Cc1cc(C(F)(F)F)cc(C(F)(F)F)c1)c1ncn(C)n1)CCC2. The summed E-state index contributed by atoms with van der Waals surface area (Å²) in [7, 11) is 1.64. The molecule has 0 amide bonds. The Labute approximate surface area is 257 Å². The fourth-order valence-electron chi connectivity index (χ4n) is 6.59. The number of alkyl halides is 6. The molecule has 1 saturated carbocycles. The van der Waals surface area contributed by atoms with E-state index in [4.69, 9.17) is 0 Å². The average molecular weight is 638 g/mol. The zero-order valence-electron chi connectivity index (χ0n) is 25.3. The molecule has 1 fully saturated rings. The van der Waals surface area contributed by atoms with Crippen molar-refractivity contribution in [2.75, 3.05) is 22.9 Å². The van der Waals surface area contributed by atoms with Crippen LogP contribution in [0.1, 0.15) is 72.4 Å². The molecule has 7 nitrogen and oxygen atoms in total. The Morgan fingerprint density at radius 2 is 1.53 bits per heavy atom. The molecule has 244 valence electrons. The van der Waals surface area contributed by atoms with Crippen molar-refractivity contribution in [3.63, 3.8) is 0 Å². The second-order valence-electron chi connectivity index (χ2n) is 12.2. The molecule has 1 heterocycles. The maximum atomic E-state index is 13.7. The molecule has 0 unspecified atom stereocenters. The third kappa shape index (κ3) is 7.73. The molecule has 1 N–H and O–H groups in total. The van der Waals surface area contributed by atoms with Gasteiger partial charge in [0.1, 0.15) is 6.33 Å². The highest BCUT2D eigenvalue weighted by Gasteiger charge is 2.37. The van der Waals surface area contributed by atoms with Crippen LogP contribution in [0.3, 0.4) is 0 Å². The first-order chi connectivity index (χ1) is 21.2. The molecule has 2 aliphatic carbocycles. The van der Waals surface area contributed by atoms with E-state index in [2.05, 4.69) is 27.1 Å². The number of aliphatic carboxylic acids is 1. The molecule has 13 heteroatoms. The van der Waals surface area contributed by atoms with Crippen molar-refractivity contribution in [1.82, 2.24) is 14.8 Å². The largest absolute Gasteiger partial charge is 0.481 e. The molecule has 0 atom stereocenters. The number of hydrogen-bond donors (Lipinski definition) is 1. The highest BCUT2D eigenvalue weighted by Crippen LogP contribution is 2.38. The maximum absolute atomic E-state index is 13.7. The van der Waals surface area contributed by atoms with E-state index in [1.807, 2.05) is 6.92 Å². The summed E-state index contributed by atoms with van der Waals surface area (Å²) < 4.78 is 83.4. The van der Waals surface area contributed by atoms with Crippen LogP contribution in [-0.4, -0.2) is 38.9 Å². The van der Waals surface area contributed by atoms with Crippen molar-refractivity contribution in [2.45, 2.75) is 77.3 Å². The number of fused-ring (bicyclic) bond motifs is 1. The average Bonchev–Trinajstić information content (AvgIpc) is 3.63. The summed E-state index contributed by atoms with van der Waals surface area (Å²) in [6.07, 6.45) is -2.80. The monoisotopic (exact) mass is 637 g/mol. The Morgan fingerprint density at radius 3 is 2.07 bits per heavy atom. The summed E-state index contributed by atoms with van der Waals surface area (Å²) >= 11 is 0. The Morgan fingerprint density at radius 1 is 0.911 bits per heavy atom. The quantitative estimate of drug-likeness (QED) is 0.236. The van der Waals surface area contributed by atoms with Crippen LogP contribution in [0.15, 0.2) is 36.7 Å². The van der Waals surface area contributed by atoms with Crippen molar-refractivity contribution in [1.29, 1.82) is 0 Å². The smallest absolute Gasteiger partial charge is 0.416 e. The van der Waals surface area contributed by atoms with Gasteiger partial charge in [0.25, 0.3) is 0 Å². The van der Waals surface area contributed by atoms with Gasteiger partial charge in [-0.25, -0.2) is 4.98 Å². The number of anilines is 2. The highest BCUT2D eigenvalue weighted by molar-refractivity contribution is 5.70. The van der Waals surface area contributed by atoms with Gasteiger partial charge < -0.3 is 14.9 Å². The number of rotatable bonds is 10. The van der Waals surface area contributed by atoms with Gasteiger partial charge in [-0.05, 0) is 104 Å². The van der Waals surface area contributed by atoms with Crippen molar-refractivity contribution in [3.8, 4) is 0 Å². The minimum atomic E-state index is -4.96.